The summed E-state index contributed by atoms with van der Waals surface area (Å²) in [5.74, 6) is 0.331. The molecular weight excluding hydrogens is 244 g/mol. The molecule has 2 heterocycles. The first-order valence-electron chi connectivity index (χ1n) is 7.59. The molecule has 0 aromatic heterocycles. The molecule has 0 spiro atoms. The van der Waals surface area contributed by atoms with Crippen molar-refractivity contribution in [2.75, 3.05) is 0 Å². The Kier molecular flexibility index (Phi) is 2.53. The predicted molar refractivity (Wildman–Crippen MR) is 67.6 cm³/mol. The fourth-order valence-electron chi connectivity index (χ4n) is 3.91. The number of epoxide rings is 2. The van der Waals surface area contributed by atoms with E-state index in [1.807, 2.05) is 6.92 Å². The lowest BCUT2D eigenvalue weighted by molar-refractivity contribution is -0.166. The molecule has 0 N–H and O–H groups in total. The molecule has 19 heavy (non-hydrogen) atoms. The van der Waals surface area contributed by atoms with Gasteiger partial charge in [0.2, 0.25) is 0 Å². The van der Waals surface area contributed by atoms with E-state index in [1.165, 1.54) is 0 Å². The fraction of sp³-hybridized carbons (Fsp3) is 0.933. The minimum absolute atomic E-state index is 0.0163. The normalized spacial score (nSPS) is 54.8. The van der Waals surface area contributed by atoms with Gasteiger partial charge in [-0.3, -0.25) is 4.79 Å². The molecule has 4 fully saturated rings. The molecule has 2 saturated heterocycles. The first-order valence-corrected chi connectivity index (χ1v) is 7.59. The first-order chi connectivity index (χ1) is 9.07. The van der Waals surface area contributed by atoms with Gasteiger partial charge >= 0.3 is 5.97 Å². The van der Waals surface area contributed by atoms with Gasteiger partial charge in [-0.15, -0.1) is 0 Å². The molecule has 4 aliphatic rings. The lowest BCUT2D eigenvalue weighted by Gasteiger charge is -2.33. The van der Waals surface area contributed by atoms with Crippen molar-refractivity contribution in [1.82, 2.24) is 0 Å². The van der Waals surface area contributed by atoms with E-state index in [0.717, 1.165) is 32.1 Å². The Labute approximate surface area is 113 Å². The van der Waals surface area contributed by atoms with Gasteiger partial charge in [0.05, 0.1) is 29.8 Å². The number of esters is 1. The second kappa shape index (κ2) is 3.95. The molecule has 0 radical (unpaired) electrons. The third-order valence-electron chi connectivity index (χ3n) is 5.53. The molecule has 2 aliphatic heterocycles. The van der Waals surface area contributed by atoms with E-state index in [0.29, 0.717) is 30.3 Å². The minimum Gasteiger partial charge on any atom is -0.462 e. The van der Waals surface area contributed by atoms with Crippen LogP contribution in [0.15, 0.2) is 0 Å². The molecule has 0 amide bonds. The smallest absolute Gasteiger partial charge is 0.312 e. The van der Waals surface area contributed by atoms with E-state index in [9.17, 15) is 4.79 Å². The van der Waals surface area contributed by atoms with Gasteiger partial charge in [0.1, 0.15) is 6.10 Å². The molecule has 0 aromatic rings. The molecule has 2 saturated carbocycles. The number of hydrogen-bond acceptors (Lipinski definition) is 4. The van der Waals surface area contributed by atoms with Gasteiger partial charge in [-0.1, -0.05) is 6.92 Å². The molecular formula is C15H22O4. The Hall–Kier alpha value is -0.610. The number of hydrogen-bond donors (Lipinski definition) is 0. The summed E-state index contributed by atoms with van der Waals surface area (Å²) in [6, 6.07) is 0. The zero-order valence-electron chi connectivity index (χ0n) is 11.6. The average molecular weight is 266 g/mol. The number of ether oxygens (including phenoxy) is 3. The van der Waals surface area contributed by atoms with Crippen LogP contribution in [-0.4, -0.2) is 36.5 Å². The summed E-state index contributed by atoms with van der Waals surface area (Å²) in [5.41, 5.74) is -0.335. The summed E-state index contributed by atoms with van der Waals surface area (Å²) in [4.78, 5) is 12.5. The molecule has 4 heteroatoms. The summed E-state index contributed by atoms with van der Waals surface area (Å²) in [7, 11) is 0. The molecule has 4 rings (SSSR count). The summed E-state index contributed by atoms with van der Waals surface area (Å²) in [6.07, 6.45) is 6.29. The van der Waals surface area contributed by atoms with Crippen molar-refractivity contribution in [2.45, 2.75) is 76.5 Å². The SMILES string of the molecule is CC1C(OC(=O)C2(C)CCC3OC3C2)CCC2OC21. The molecule has 7 atom stereocenters. The number of carbonyl (C=O) groups is 1. The lowest BCUT2D eigenvalue weighted by atomic mass is 9.75. The van der Waals surface area contributed by atoms with Crippen LogP contribution in [-0.2, 0) is 19.0 Å². The number of carbonyl (C=O) groups excluding carboxylic acids is 1. The third kappa shape index (κ3) is 2.00. The van der Waals surface area contributed by atoms with Crippen molar-refractivity contribution in [3.63, 3.8) is 0 Å². The van der Waals surface area contributed by atoms with Crippen molar-refractivity contribution >= 4 is 5.97 Å². The van der Waals surface area contributed by atoms with E-state index in [1.54, 1.807) is 0 Å². The Morgan fingerprint density at radius 2 is 2.00 bits per heavy atom. The summed E-state index contributed by atoms with van der Waals surface area (Å²) < 4.78 is 17.0. The van der Waals surface area contributed by atoms with Crippen LogP contribution in [0.5, 0.6) is 0 Å². The molecule has 0 aromatic carbocycles. The van der Waals surface area contributed by atoms with Gasteiger partial charge in [0, 0.05) is 5.92 Å². The van der Waals surface area contributed by atoms with E-state index < -0.39 is 0 Å². The van der Waals surface area contributed by atoms with Crippen LogP contribution in [0.1, 0.15) is 46.0 Å². The van der Waals surface area contributed by atoms with Gasteiger partial charge in [0.25, 0.3) is 0 Å². The van der Waals surface area contributed by atoms with Crippen LogP contribution in [0.25, 0.3) is 0 Å². The van der Waals surface area contributed by atoms with Crippen LogP contribution in [0.4, 0.5) is 0 Å². The van der Waals surface area contributed by atoms with Gasteiger partial charge in [-0.05, 0) is 39.0 Å². The van der Waals surface area contributed by atoms with Crippen LogP contribution in [0.2, 0.25) is 0 Å². The summed E-state index contributed by atoms with van der Waals surface area (Å²) in [6.45, 7) is 4.18. The van der Waals surface area contributed by atoms with E-state index in [-0.39, 0.29) is 17.5 Å². The topological polar surface area (TPSA) is 51.4 Å². The molecule has 7 unspecified atom stereocenters. The molecule has 4 nitrogen and oxygen atoms in total. The fourth-order valence-corrected chi connectivity index (χ4v) is 3.91. The van der Waals surface area contributed by atoms with Gasteiger partial charge in [0.15, 0.2) is 0 Å². The third-order valence-corrected chi connectivity index (χ3v) is 5.53. The highest BCUT2D eigenvalue weighted by Crippen LogP contribution is 2.48. The zero-order valence-corrected chi connectivity index (χ0v) is 11.6. The first kappa shape index (κ1) is 12.2. The van der Waals surface area contributed by atoms with Crippen molar-refractivity contribution in [3.8, 4) is 0 Å². The minimum atomic E-state index is -0.335. The number of fused-ring (bicyclic) bond motifs is 2. The van der Waals surface area contributed by atoms with Crippen LogP contribution in [0, 0.1) is 11.3 Å². The van der Waals surface area contributed by atoms with Crippen LogP contribution < -0.4 is 0 Å². The quantitative estimate of drug-likeness (QED) is 0.567. The maximum atomic E-state index is 12.5. The second-order valence-corrected chi connectivity index (χ2v) is 7.04. The Bertz CT molecular complexity index is 409. The maximum absolute atomic E-state index is 12.5. The summed E-state index contributed by atoms with van der Waals surface area (Å²) in [5, 5.41) is 0. The Morgan fingerprint density at radius 3 is 2.79 bits per heavy atom. The van der Waals surface area contributed by atoms with E-state index >= 15 is 0 Å². The standard InChI is InChI=1S/C15H22O4/c1-8-9(3-4-11-13(8)18-11)19-14(16)15(2)6-5-10-12(7-15)17-10/h8-13H,3-7H2,1-2H3. The monoisotopic (exact) mass is 266 g/mol. The van der Waals surface area contributed by atoms with Crippen LogP contribution >= 0.6 is 0 Å². The predicted octanol–water partition coefficient (Wildman–Crippen LogP) is 2.05. The summed E-state index contributed by atoms with van der Waals surface area (Å²) >= 11 is 0. The van der Waals surface area contributed by atoms with Crippen molar-refractivity contribution in [3.05, 3.63) is 0 Å². The van der Waals surface area contributed by atoms with E-state index in [4.69, 9.17) is 14.2 Å². The Morgan fingerprint density at radius 1 is 1.16 bits per heavy atom. The van der Waals surface area contributed by atoms with Crippen molar-refractivity contribution in [2.24, 2.45) is 11.3 Å². The highest BCUT2D eigenvalue weighted by Gasteiger charge is 2.54. The molecule has 0 bridgehead atoms. The number of rotatable bonds is 2. The lowest BCUT2D eigenvalue weighted by Crippen LogP contribution is -2.40. The molecule has 2 aliphatic carbocycles. The van der Waals surface area contributed by atoms with Gasteiger partial charge in [-0.2, -0.15) is 0 Å². The largest absolute Gasteiger partial charge is 0.462 e. The Balaban J connectivity index is 1.40. The highest BCUT2D eigenvalue weighted by atomic mass is 16.6. The van der Waals surface area contributed by atoms with Gasteiger partial charge in [-0.25, -0.2) is 0 Å². The van der Waals surface area contributed by atoms with Crippen LogP contribution in [0.3, 0.4) is 0 Å². The highest BCUT2D eigenvalue weighted by molar-refractivity contribution is 5.77. The average Bonchev–Trinajstić information content (AvgIpc) is 3.24. The zero-order chi connectivity index (χ0) is 13.2. The van der Waals surface area contributed by atoms with Crippen molar-refractivity contribution in [1.29, 1.82) is 0 Å². The second-order valence-electron chi connectivity index (χ2n) is 7.04. The molecule has 106 valence electrons. The maximum Gasteiger partial charge on any atom is 0.312 e. The van der Waals surface area contributed by atoms with Crippen molar-refractivity contribution < 1.29 is 19.0 Å². The van der Waals surface area contributed by atoms with Gasteiger partial charge < -0.3 is 14.2 Å². The van der Waals surface area contributed by atoms with E-state index in [2.05, 4.69) is 6.92 Å².